The maximum absolute atomic E-state index is 5.80. The number of benzene rings is 1. The molecule has 1 atom stereocenters. The van der Waals surface area contributed by atoms with Gasteiger partial charge < -0.3 is 9.73 Å². The maximum Gasteiger partial charge on any atom is 0.109 e. The molecule has 1 heterocycles. The molecule has 0 unspecified atom stereocenters. The van der Waals surface area contributed by atoms with E-state index in [1.165, 1.54) is 5.56 Å². The van der Waals surface area contributed by atoms with Crippen LogP contribution in [-0.4, -0.2) is 12.6 Å². The minimum Gasteiger partial charge on any atom is -0.466 e. The van der Waals surface area contributed by atoms with Gasteiger partial charge >= 0.3 is 0 Å². The van der Waals surface area contributed by atoms with Crippen LogP contribution in [0.5, 0.6) is 0 Å². The molecule has 0 aliphatic rings. The number of hydrogen-bond acceptors (Lipinski definition) is 2. The Labute approximate surface area is 128 Å². The van der Waals surface area contributed by atoms with E-state index >= 15 is 0 Å². The molecule has 0 fully saturated rings. The third kappa shape index (κ3) is 4.75. The second kappa shape index (κ2) is 6.95. The van der Waals surface area contributed by atoms with Gasteiger partial charge in [-0.1, -0.05) is 44.2 Å². The second-order valence-corrected chi connectivity index (χ2v) is 6.59. The summed E-state index contributed by atoms with van der Waals surface area (Å²) in [6.45, 7) is 9.77. The van der Waals surface area contributed by atoms with E-state index in [0.717, 1.165) is 30.9 Å². The third-order valence-electron chi connectivity index (χ3n) is 3.97. The zero-order chi connectivity index (χ0) is 15.3. The summed E-state index contributed by atoms with van der Waals surface area (Å²) in [6, 6.07) is 15.2. The lowest BCUT2D eigenvalue weighted by Crippen LogP contribution is -2.34. The molecule has 0 saturated carbocycles. The first kappa shape index (κ1) is 15.8. The molecule has 2 rings (SSSR count). The van der Waals surface area contributed by atoms with Crippen LogP contribution in [0, 0.1) is 6.92 Å². The summed E-state index contributed by atoms with van der Waals surface area (Å²) in [4.78, 5) is 0. The Morgan fingerprint density at radius 2 is 1.81 bits per heavy atom. The van der Waals surface area contributed by atoms with Crippen molar-refractivity contribution in [2.75, 3.05) is 6.54 Å². The zero-order valence-electron chi connectivity index (χ0n) is 13.6. The van der Waals surface area contributed by atoms with E-state index in [1.54, 1.807) is 0 Å². The Bertz CT molecular complexity index is 542. The van der Waals surface area contributed by atoms with Crippen molar-refractivity contribution in [1.29, 1.82) is 0 Å². The zero-order valence-corrected chi connectivity index (χ0v) is 13.6. The Balaban J connectivity index is 1.80. The highest BCUT2D eigenvalue weighted by Crippen LogP contribution is 2.29. The van der Waals surface area contributed by atoms with Gasteiger partial charge in [-0.3, -0.25) is 0 Å². The Morgan fingerprint density at radius 3 is 2.43 bits per heavy atom. The molecule has 0 saturated heterocycles. The molecule has 2 heteroatoms. The lowest BCUT2D eigenvalue weighted by molar-refractivity contribution is 0.320. The fourth-order valence-corrected chi connectivity index (χ4v) is 2.84. The molecular weight excluding hydrogens is 258 g/mol. The molecule has 21 heavy (non-hydrogen) atoms. The fraction of sp³-hybridized carbons (Fsp3) is 0.474. The molecule has 2 nitrogen and oxygen atoms in total. The molecule has 0 aliphatic carbocycles. The van der Waals surface area contributed by atoms with E-state index in [2.05, 4.69) is 62.5 Å². The fourth-order valence-electron chi connectivity index (χ4n) is 2.84. The highest BCUT2D eigenvalue weighted by atomic mass is 16.3. The molecule has 0 bridgehead atoms. The Morgan fingerprint density at radius 1 is 1.10 bits per heavy atom. The van der Waals surface area contributed by atoms with Crippen LogP contribution in [0.4, 0.5) is 0 Å². The summed E-state index contributed by atoms with van der Waals surface area (Å²) >= 11 is 0. The first-order valence-corrected chi connectivity index (χ1v) is 7.81. The summed E-state index contributed by atoms with van der Waals surface area (Å²) in [5, 5.41) is 3.62. The van der Waals surface area contributed by atoms with Crippen molar-refractivity contribution >= 4 is 0 Å². The first-order chi connectivity index (χ1) is 9.97. The standard InChI is InChI=1S/C19H27NO/c1-15(20-13-12-17-8-6-5-7-9-17)14-19(3,4)18-11-10-16(2)21-18/h5-11,15,20H,12-14H2,1-4H3/t15-/m0/s1. The number of nitrogens with one attached hydrogen (secondary N) is 1. The minimum atomic E-state index is 0.0629. The van der Waals surface area contributed by atoms with Gasteiger partial charge in [0, 0.05) is 11.5 Å². The van der Waals surface area contributed by atoms with Crippen molar-refractivity contribution in [2.24, 2.45) is 0 Å². The molecule has 1 aromatic carbocycles. The summed E-state index contributed by atoms with van der Waals surface area (Å²) in [7, 11) is 0. The first-order valence-electron chi connectivity index (χ1n) is 7.81. The molecule has 114 valence electrons. The van der Waals surface area contributed by atoms with E-state index in [9.17, 15) is 0 Å². The second-order valence-electron chi connectivity index (χ2n) is 6.59. The van der Waals surface area contributed by atoms with Crippen molar-refractivity contribution in [2.45, 2.75) is 52.0 Å². The highest BCUT2D eigenvalue weighted by molar-refractivity contribution is 5.16. The summed E-state index contributed by atoms with van der Waals surface area (Å²) in [5.74, 6) is 2.07. The lowest BCUT2D eigenvalue weighted by Gasteiger charge is -2.26. The summed E-state index contributed by atoms with van der Waals surface area (Å²) in [6.07, 6.45) is 2.14. The summed E-state index contributed by atoms with van der Waals surface area (Å²) < 4.78 is 5.80. The monoisotopic (exact) mass is 285 g/mol. The maximum atomic E-state index is 5.80. The van der Waals surface area contributed by atoms with Crippen molar-refractivity contribution in [3.8, 4) is 0 Å². The molecule has 0 radical (unpaired) electrons. The van der Waals surface area contributed by atoms with Crippen LogP contribution in [0.1, 0.15) is 44.3 Å². The van der Waals surface area contributed by atoms with Gasteiger partial charge in [-0.05, 0) is 50.9 Å². The molecule has 1 aromatic heterocycles. The van der Waals surface area contributed by atoms with Gasteiger partial charge in [0.1, 0.15) is 11.5 Å². The van der Waals surface area contributed by atoms with Gasteiger partial charge in [0.2, 0.25) is 0 Å². The molecule has 2 aromatic rings. The van der Waals surface area contributed by atoms with Gasteiger partial charge in [-0.15, -0.1) is 0 Å². The van der Waals surface area contributed by atoms with Crippen LogP contribution in [0.15, 0.2) is 46.9 Å². The Hall–Kier alpha value is -1.54. The topological polar surface area (TPSA) is 25.2 Å². The largest absolute Gasteiger partial charge is 0.466 e. The number of aryl methyl sites for hydroxylation is 1. The quantitative estimate of drug-likeness (QED) is 0.811. The average molecular weight is 285 g/mol. The molecule has 0 aliphatic heterocycles. The van der Waals surface area contributed by atoms with Crippen LogP contribution in [-0.2, 0) is 11.8 Å². The average Bonchev–Trinajstić information content (AvgIpc) is 2.87. The van der Waals surface area contributed by atoms with E-state index in [1.807, 2.05) is 13.0 Å². The lowest BCUT2D eigenvalue weighted by atomic mass is 9.83. The molecule has 1 N–H and O–H groups in total. The van der Waals surface area contributed by atoms with Gasteiger partial charge in [0.05, 0.1) is 0 Å². The highest BCUT2D eigenvalue weighted by Gasteiger charge is 2.26. The van der Waals surface area contributed by atoms with Gasteiger partial charge in [0.15, 0.2) is 0 Å². The van der Waals surface area contributed by atoms with Crippen molar-refractivity contribution in [1.82, 2.24) is 5.32 Å². The van der Waals surface area contributed by atoms with Crippen molar-refractivity contribution in [3.05, 3.63) is 59.5 Å². The molecular formula is C19H27NO. The van der Waals surface area contributed by atoms with Gasteiger partial charge in [0.25, 0.3) is 0 Å². The van der Waals surface area contributed by atoms with E-state index in [0.29, 0.717) is 6.04 Å². The molecule has 0 amide bonds. The van der Waals surface area contributed by atoms with E-state index < -0.39 is 0 Å². The number of furan rings is 1. The van der Waals surface area contributed by atoms with Gasteiger partial charge in [-0.2, -0.15) is 0 Å². The van der Waals surface area contributed by atoms with E-state index in [-0.39, 0.29) is 5.41 Å². The smallest absolute Gasteiger partial charge is 0.109 e. The van der Waals surface area contributed by atoms with Crippen LogP contribution in [0.2, 0.25) is 0 Å². The number of hydrogen-bond donors (Lipinski definition) is 1. The van der Waals surface area contributed by atoms with Crippen LogP contribution >= 0.6 is 0 Å². The normalized spacial score (nSPS) is 13.3. The van der Waals surface area contributed by atoms with Crippen molar-refractivity contribution < 1.29 is 4.42 Å². The molecule has 0 spiro atoms. The van der Waals surface area contributed by atoms with Crippen LogP contribution in [0.3, 0.4) is 0 Å². The Kier molecular flexibility index (Phi) is 5.24. The SMILES string of the molecule is Cc1ccc(C(C)(C)C[C@H](C)NCCc2ccccc2)o1. The van der Waals surface area contributed by atoms with Gasteiger partial charge in [-0.25, -0.2) is 0 Å². The summed E-state index contributed by atoms with van der Waals surface area (Å²) in [5.41, 5.74) is 1.45. The van der Waals surface area contributed by atoms with Crippen LogP contribution < -0.4 is 5.32 Å². The minimum absolute atomic E-state index is 0.0629. The predicted molar refractivity (Wildman–Crippen MR) is 88.7 cm³/mol. The van der Waals surface area contributed by atoms with E-state index in [4.69, 9.17) is 4.42 Å². The predicted octanol–water partition coefficient (Wildman–Crippen LogP) is 4.48. The third-order valence-corrected chi connectivity index (χ3v) is 3.97. The van der Waals surface area contributed by atoms with Crippen molar-refractivity contribution in [3.63, 3.8) is 0 Å². The number of rotatable bonds is 7. The van der Waals surface area contributed by atoms with Crippen LogP contribution in [0.25, 0.3) is 0 Å².